The summed E-state index contributed by atoms with van der Waals surface area (Å²) in [5.41, 5.74) is 10.7. The van der Waals surface area contributed by atoms with Crippen LogP contribution in [0.15, 0.2) is 59.6 Å². The van der Waals surface area contributed by atoms with Gasteiger partial charge in [0.15, 0.2) is 0 Å². The van der Waals surface area contributed by atoms with Crippen LogP contribution in [0.5, 0.6) is 0 Å². The van der Waals surface area contributed by atoms with Crippen molar-refractivity contribution >= 4 is 63.3 Å². The molecule has 36 heavy (non-hydrogen) atoms. The second-order valence-corrected chi connectivity index (χ2v) is 10.0. The molecule has 5 nitrogen and oxygen atoms in total. The Bertz CT molecular complexity index is 1410. The Morgan fingerprint density at radius 3 is 2.39 bits per heavy atom. The number of imidazole rings is 1. The van der Waals surface area contributed by atoms with Crippen LogP contribution in [0.25, 0.3) is 22.4 Å². The first-order valence-electron chi connectivity index (χ1n) is 11.7. The molecule has 0 saturated carbocycles. The maximum absolute atomic E-state index is 6.51. The third-order valence-corrected chi connectivity index (χ3v) is 7.48. The van der Waals surface area contributed by atoms with Crippen LogP contribution < -0.4 is 5.73 Å². The van der Waals surface area contributed by atoms with Gasteiger partial charge in [0.2, 0.25) is 0 Å². The minimum absolute atomic E-state index is 0.461. The highest BCUT2D eigenvalue weighted by Crippen LogP contribution is 2.32. The zero-order valence-electron chi connectivity index (χ0n) is 20.1. The predicted molar refractivity (Wildman–Crippen MR) is 154 cm³/mol. The molecule has 4 rings (SSSR count). The first kappa shape index (κ1) is 26.8. The zero-order valence-corrected chi connectivity index (χ0v) is 23.1. The van der Waals surface area contributed by atoms with E-state index in [1.807, 2.05) is 42.5 Å². The van der Waals surface area contributed by atoms with Gasteiger partial charge >= 0.3 is 0 Å². The maximum Gasteiger partial charge on any atom is 0.141 e. The van der Waals surface area contributed by atoms with Crippen molar-refractivity contribution < 1.29 is 0 Å². The zero-order chi connectivity index (χ0) is 25.8. The van der Waals surface area contributed by atoms with Gasteiger partial charge in [0.1, 0.15) is 11.7 Å². The van der Waals surface area contributed by atoms with Gasteiger partial charge in [0.25, 0.3) is 0 Å². The Morgan fingerprint density at radius 2 is 1.69 bits per heavy atom. The van der Waals surface area contributed by atoms with Gasteiger partial charge in [-0.15, -0.1) is 0 Å². The lowest BCUT2D eigenvalue weighted by Crippen LogP contribution is -2.26. The molecule has 0 aliphatic carbocycles. The standard InChI is InChI=1S/C27H27Cl4N5/c1-3-35(4-2)12-11-33-26(32)17-7-10-25-24(14-17)34-27(18-6-9-21(29)23(31)13-18)36(25)16-19-5-8-20(28)15-22(19)30/h5-10,13-15H,3-4,11-12,16H2,1-2H3,(H2,32,33). The Labute approximate surface area is 231 Å². The summed E-state index contributed by atoms with van der Waals surface area (Å²) in [6, 6.07) is 16.9. The van der Waals surface area contributed by atoms with Crippen LogP contribution in [0.1, 0.15) is 25.0 Å². The highest BCUT2D eigenvalue weighted by molar-refractivity contribution is 6.42. The highest BCUT2D eigenvalue weighted by Gasteiger charge is 2.16. The van der Waals surface area contributed by atoms with Gasteiger partial charge in [-0.2, -0.15) is 0 Å². The number of nitrogens with two attached hydrogens (primary N) is 1. The number of amidine groups is 1. The number of aliphatic imine (C=N–C) groups is 1. The molecule has 4 aromatic rings. The van der Waals surface area contributed by atoms with Crippen molar-refractivity contribution in [1.82, 2.24) is 14.5 Å². The molecule has 0 spiro atoms. The minimum atomic E-state index is 0.461. The number of nitrogens with zero attached hydrogens (tertiary/aromatic N) is 4. The molecular formula is C27H27Cl4N5. The second-order valence-electron chi connectivity index (χ2n) is 8.38. The van der Waals surface area contributed by atoms with Crippen LogP contribution in [0.4, 0.5) is 0 Å². The molecule has 188 valence electrons. The Kier molecular flexibility index (Phi) is 8.81. The van der Waals surface area contributed by atoms with Crippen LogP contribution in [-0.4, -0.2) is 46.5 Å². The van der Waals surface area contributed by atoms with E-state index in [0.29, 0.717) is 39.0 Å². The van der Waals surface area contributed by atoms with E-state index in [0.717, 1.165) is 53.2 Å². The quantitative estimate of drug-likeness (QED) is 0.170. The topological polar surface area (TPSA) is 59.4 Å². The van der Waals surface area contributed by atoms with E-state index in [4.69, 9.17) is 57.1 Å². The maximum atomic E-state index is 6.51. The molecule has 2 N–H and O–H groups in total. The molecule has 0 aliphatic rings. The van der Waals surface area contributed by atoms with Crippen molar-refractivity contribution in [2.45, 2.75) is 20.4 Å². The Morgan fingerprint density at radius 1 is 0.917 bits per heavy atom. The third kappa shape index (κ3) is 5.99. The average Bonchev–Trinajstić information content (AvgIpc) is 3.22. The summed E-state index contributed by atoms with van der Waals surface area (Å²) in [6.45, 7) is 8.27. The summed E-state index contributed by atoms with van der Waals surface area (Å²) < 4.78 is 2.10. The fourth-order valence-electron chi connectivity index (χ4n) is 4.07. The number of benzene rings is 3. The number of rotatable bonds is 9. The van der Waals surface area contributed by atoms with E-state index in [2.05, 4.69) is 28.3 Å². The van der Waals surface area contributed by atoms with Gasteiger partial charge in [-0.05, 0) is 67.2 Å². The monoisotopic (exact) mass is 561 g/mol. The van der Waals surface area contributed by atoms with Gasteiger partial charge in [-0.1, -0.05) is 66.3 Å². The van der Waals surface area contributed by atoms with Crippen LogP contribution in [0, 0.1) is 0 Å². The molecule has 9 heteroatoms. The number of fused-ring (bicyclic) bond motifs is 1. The van der Waals surface area contributed by atoms with Crippen molar-refractivity contribution in [2.75, 3.05) is 26.2 Å². The van der Waals surface area contributed by atoms with Crippen molar-refractivity contribution in [3.8, 4) is 11.4 Å². The Balaban J connectivity index is 1.76. The van der Waals surface area contributed by atoms with E-state index < -0.39 is 0 Å². The summed E-state index contributed by atoms with van der Waals surface area (Å²) in [5, 5.41) is 2.12. The smallest absolute Gasteiger partial charge is 0.141 e. The van der Waals surface area contributed by atoms with Crippen molar-refractivity contribution in [2.24, 2.45) is 10.7 Å². The molecule has 0 atom stereocenters. The van der Waals surface area contributed by atoms with Crippen molar-refractivity contribution in [1.29, 1.82) is 0 Å². The summed E-state index contributed by atoms with van der Waals surface area (Å²) in [5.74, 6) is 1.24. The minimum Gasteiger partial charge on any atom is -0.384 e. The van der Waals surface area contributed by atoms with Crippen LogP contribution >= 0.6 is 46.4 Å². The molecule has 0 unspecified atom stereocenters. The number of halogens is 4. The van der Waals surface area contributed by atoms with Crippen molar-refractivity contribution in [3.05, 3.63) is 85.8 Å². The fraction of sp³-hybridized carbons (Fsp3) is 0.259. The van der Waals surface area contributed by atoms with Crippen LogP contribution in [0.2, 0.25) is 20.1 Å². The highest BCUT2D eigenvalue weighted by atomic mass is 35.5. The first-order valence-corrected chi connectivity index (χ1v) is 13.2. The van der Waals surface area contributed by atoms with Gasteiger partial charge < -0.3 is 15.2 Å². The molecule has 1 heterocycles. The fourth-order valence-corrected chi connectivity index (χ4v) is 4.83. The molecule has 0 saturated heterocycles. The van der Waals surface area contributed by atoms with Gasteiger partial charge in [-0.3, -0.25) is 4.99 Å². The first-order chi connectivity index (χ1) is 17.3. The van der Waals surface area contributed by atoms with E-state index in [1.165, 1.54) is 0 Å². The normalized spacial score (nSPS) is 12.1. The molecule has 0 bridgehead atoms. The number of aromatic nitrogens is 2. The largest absolute Gasteiger partial charge is 0.384 e. The summed E-state index contributed by atoms with van der Waals surface area (Å²) >= 11 is 25.1. The molecular weight excluding hydrogens is 536 g/mol. The molecule has 0 amide bonds. The molecule has 0 aliphatic heterocycles. The predicted octanol–water partition coefficient (Wildman–Crippen LogP) is 7.41. The summed E-state index contributed by atoms with van der Waals surface area (Å²) in [6.07, 6.45) is 0. The van der Waals surface area contributed by atoms with Crippen LogP contribution in [0.3, 0.4) is 0 Å². The average molecular weight is 563 g/mol. The lowest BCUT2D eigenvalue weighted by molar-refractivity contribution is 0.313. The number of hydrogen-bond acceptors (Lipinski definition) is 3. The molecule has 0 radical (unpaired) electrons. The van der Waals surface area contributed by atoms with Crippen molar-refractivity contribution in [3.63, 3.8) is 0 Å². The molecule has 0 fully saturated rings. The van der Waals surface area contributed by atoms with Crippen LogP contribution in [-0.2, 0) is 6.54 Å². The molecule has 1 aromatic heterocycles. The third-order valence-electron chi connectivity index (χ3n) is 6.16. The van der Waals surface area contributed by atoms with Gasteiger partial charge in [0, 0.05) is 27.7 Å². The summed E-state index contributed by atoms with van der Waals surface area (Å²) in [7, 11) is 0. The number of hydrogen-bond donors (Lipinski definition) is 1. The lowest BCUT2D eigenvalue weighted by Gasteiger charge is -2.16. The number of likely N-dealkylation sites (N-methyl/N-ethyl adjacent to an activating group) is 1. The molecule has 3 aromatic carbocycles. The van der Waals surface area contributed by atoms with Gasteiger partial charge in [0.05, 0.1) is 34.2 Å². The van der Waals surface area contributed by atoms with E-state index in [1.54, 1.807) is 12.1 Å². The second kappa shape index (κ2) is 11.8. The van der Waals surface area contributed by atoms with E-state index >= 15 is 0 Å². The van der Waals surface area contributed by atoms with E-state index in [9.17, 15) is 0 Å². The van der Waals surface area contributed by atoms with E-state index in [-0.39, 0.29) is 0 Å². The summed E-state index contributed by atoms with van der Waals surface area (Å²) in [4.78, 5) is 11.9. The SMILES string of the molecule is CCN(CC)CCN=C(N)c1ccc2c(c1)nc(-c1ccc(Cl)c(Cl)c1)n2Cc1ccc(Cl)cc1Cl. The lowest BCUT2D eigenvalue weighted by atomic mass is 10.1. The van der Waals surface area contributed by atoms with Gasteiger partial charge in [-0.25, -0.2) is 4.98 Å². The Hall–Kier alpha value is -2.28.